The number of aliphatic imine (C=N–C) groups is 1. The van der Waals surface area contributed by atoms with Gasteiger partial charge in [-0.1, -0.05) is 24.3 Å². The highest BCUT2D eigenvalue weighted by Gasteiger charge is 2.52. The molecule has 1 aromatic heterocycles. The molecule has 0 spiro atoms. The Morgan fingerprint density at radius 1 is 1.27 bits per heavy atom. The van der Waals surface area contributed by atoms with E-state index in [1.165, 1.54) is 12.8 Å². The summed E-state index contributed by atoms with van der Waals surface area (Å²) in [4.78, 5) is 9.56. The highest BCUT2D eigenvalue weighted by molar-refractivity contribution is 5.80. The van der Waals surface area contributed by atoms with E-state index in [1.54, 1.807) is 18.2 Å². The van der Waals surface area contributed by atoms with Crippen LogP contribution < -0.4 is 10.6 Å². The lowest BCUT2D eigenvalue weighted by Gasteiger charge is -2.25. The number of hydrogen-bond acceptors (Lipinski definition) is 4. The second-order valence-electron chi connectivity index (χ2n) is 8.75. The SMILES string of the molecule is CCNC(=NCC1C2CCc3ccccc3C21)NC1CCc2nc(COC)nn2C1. The van der Waals surface area contributed by atoms with Gasteiger partial charge in [0.15, 0.2) is 11.8 Å². The highest BCUT2D eigenvalue weighted by atomic mass is 16.5. The molecule has 1 aromatic carbocycles. The largest absolute Gasteiger partial charge is 0.377 e. The van der Waals surface area contributed by atoms with Crippen LogP contribution >= 0.6 is 0 Å². The van der Waals surface area contributed by atoms with E-state index >= 15 is 0 Å². The molecule has 2 aliphatic carbocycles. The molecule has 7 nitrogen and oxygen atoms in total. The van der Waals surface area contributed by atoms with Crippen LogP contribution in [0.5, 0.6) is 0 Å². The minimum absolute atomic E-state index is 0.314. The molecule has 0 saturated heterocycles. The number of guanidine groups is 1. The van der Waals surface area contributed by atoms with Crippen LogP contribution in [0, 0.1) is 11.8 Å². The zero-order chi connectivity index (χ0) is 20.5. The molecule has 160 valence electrons. The summed E-state index contributed by atoms with van der Waals surface area (Å²) in [7, 11) is 1.68. The standard InChI is InChI=1S/C23H32N6O/c1-3-24-23(26-16-9-11-21-27-20(14-30-2)28-29(21)13-16)25-12-19-18-10-8-15-6-4-5-7-17(15)22(18)19/h4-7,16,18-19,22H,3,8-14H2,1-2H3,(H2,24,25,26). The van der Waals surface area contributed by atoms with Gasteiger partial charge in [0.05, 0.1) is 6.54 Å². The fraction of sp³-hybridized carbons (Fsp3) is 0.609. The molecular weight excluding hydrogens is 376 g/mol. The molecule has 1 saturated carbocycles. The predicted molar refractivity (Wildman–Crippen MR) is 116 cm³/mol. The van der Waals surface area contributed by atoms with E-state index < -0.39 is 0 Å². The van der Waals surface area contributed by atoms with E-state index in [0.717, 1.165) is 56.0 Å². The minimum Gasteiger partial charge on any atom is -0.377 e. The molecule has 7 heteroatoms. The van der Waals surface area contributed by atoms with Crippen LogP contribution in [0.3, 0.4) is 0 Å². The summed E-state index contributed by atoms with van der Waals surface area (Å²) in [6, 6.07) is 9.30. The van der Waals surface area contributed by atoms with Crippen LogP contribution in [0.2, 0.25) is 0 Å². The molecule has 1 fully saturated rings. The number of fused-ring (bicyclic) bond motifs is 4. The van der Waals surface area contributed by atoms with Crippen molar-refractivity contribution in [2.75, 3.05) is 20.2 Å². The maximum Gasteiger partial charge on any atom is 0.191 e. The Morgan fingerprint density at radius 2 is 2.17 bits per heavy atom. The lowest BCUT2D eigenvalue weighted by atomic mass is 9.92. The zero-order valence-corrected chi connectivity index (χ0v) is 18.0. The lowest BCUT2D eigenvalue weighted by Crippen LogP contribution is -2.47. The third-order valence-electron chi connectivity index (χ3n) is 6.81. The molecule has 0 radical (unpaired) electrons. The monoisotopic (exact) mass is 408 g/mol. The van der Waals surface area contributed by atoms with Gasteiger partial charge in [-0.2, -0.15) is 5.10 Å². The Labute approximate surface area is 178 Å². The van der Waals surface area contributed by atoms with Crippen molar-refractivity contribution < 1.29 is 4.74 Å². The van der Waals surface area contributed by atoms with E-state index in [-0.39, 0.29) is 0 Å². The topological polar surface area (TPSA) is 76.4 Å². The van der Waals surface area contributed by atoms with Crippen molar-refractivity contribution in [1.82, 2.24) is 25.4 Å². The number of hydrogen-bond donors (Lipinski definition) is 2. The highest BCUT2D eigenvalue weighted by Crippen LogP contribution is 2.59. The van der Waals surface area contributed by atoms with Gasteiger partial charge in [-0.15, -0.1) is 0 Å². The Morgan fingerprint density at radius 3 is 3.03 bits per heavy atom. The Hall–Kier alpha value is -2.41. The van der Waals surface area contributed by atoms with E-state index in [0.29, 0.717) is 24.5 Å². The first-order chi connectivity index (χ1) is 14.8. The van der Waals surface area contributed by atoms with Crippen molar-refractivity contribution in [1.29, 1.82) is 0 Å². The fourth-order valence-corrected chi connectivity index (χ4v) is 5.34. The van der Waals surface area contributed by atoms with Gasteiger partial charge in [-0.05, 0) is 55.1 Å². The number of nitrogens with zero attached hydrogens (tertiary/aromatic N) is 4. The summed E-state index contributed by atoms with van der Waals surface area (Å²) in [5.41, 5.74) is 3.12. The second-order valence-corrected chi connectivity index (χ2v) is 8.75. The van der Waals surface area contributed by atoms with Gasteiger partial charge < -0.3 is 15.4 Å². The van der Waals surface area contributed by atoms with Crippen LogP contribution in [-0.2, 0) is 30.7 Å². The molecule has 0 amide bonds. The van der Waals surface area contributed by atoms with Crippen LogP contribution in [0.4, 0.5) is 0 Å². The Bertz CT molecular complexity index is 922. The third kappa shape index (κ3) is 3.83. The van der Waals surface area contributed by atoms with E-state index in [9.17, 15) is 0 Å². The normalized spacial score (nSPS) is 27.1. The number of rotatable bonds is 6. The van der Waals surface area contributed by atoms with Crippen LogP contribution in [0.15, 0.2) is 29.3 Å². The average molecular weight is 409 g/mol. The number of ether oxygens (including phenoxy) is 1. The summed E-state index contributed by atoms with van der Waals surface area (Å²) >= 11 is 0. The summed E-state index contributed by atoms with van der Waals surface area (Å²) in [6.07, 6.45) is 4.51. The summed E-state index contributed by atoms with van der Waals surface area (Å²) in [6.45, 7) is 5.18. The van der Waals surface area contributed by atoms with Crippen molar-refractivity contribution in [2.24, 2.45) is 16.8 Å². The second kappa shape index (κ2) is 8.38. The van der Waals surface area contributed by atoms with Crippen molar-refractivity contribution in [2.45, 2.75) is 57.7 Å². The third-order valence-corrected chi connectivity index (χ3v) is 6.81. The van der Waals surface area contributed by atoms with Crippen LogP contribution in [-0.4, -0.2) is 47.0 Å². The maximum atomic E-state index is 5.17. The first-order valence-electron chi connectivity index (χ1n) is 11.3. The number of nitrogens with one attached hydrogen (secondary N) is 2. The number of benzene rings is 1. The van der Waals surface area contributed by atoms with Gasteiger partial charge in [0, 0.05) is 32.7 Å². The number of aromatic nitrogens is 3. The molecule has 4 atom stereocenters. The average Bonchev–Trinajstić information content (AvgIpc) is 3.33. The van der Waals surface area contributed by atoms with Crippen LogP contribution in [0.1, 0.15) is 48.5 Å². The van der Waals surface area contributed by atoms with Gasteiger partial charge in [-0.25, -0.2) is 9.67 Å². The quantitative estimate of drug-likeness (QED) is 0.566. The predicted octanol–water partition coefficient (Wildman–Crippen LogP) is 2.27. The van der Waals surface area contributed by atoms with Crippen molar-refractivity contribution in [3.8, 4) is 0 Å². The molecule has 5 rings (SSSR count). The van der Waals surface area contributed by atoms with Crippen molar-refractivity contribution in [3.05, 3.63) is 47.0 Å². The minimum atomic E-state index is 0.314. The lowest BCUT2D eigenvalue weighted by molar-refractivity contribution is 0.177. The van der Waals surface area contributed by atoms with Crippen LogP contribution in [0.25, 0.3) is 0 Å². The Balaban J connectivity index is 1.22. The van der Waals surface area contributed by atoms with E-state index in [4.69, 9.17) is 9.73 Å². The van der Waals surface area contributed by atoms with Gasteiger partial charge in [0.1, 0.15) is 12.4 Å². The van der Waals surface area contributed by atoms with Gasteiger partial charge in [0.2, 0.25) is 0 Å². The number of methoxy groups -OCH3 is 1. The first kappa shape index (κ1) is 19.5. The molecule has 2 heterocycles. The summed E-state index contributed by atoms with van der Waals surface area (Å²) in [5, 5.41) is 11.7. The van der Waals surface area contributed by atoms with E-state index in [2.05, 4.69) is 51.9 Å². The zero-order valence-electron chi connectivity index (χ0n) is 18.0. The van der Waals surface area contributed by atoms with E-state index in [1.807, 2.05) is 4.68 Å². The molecule has 1 aliphatic heterocycles. The van der Waals surface area contributed by atoms with Crippen molar-refractivity contribution in [3.63, 3.8) is 0 Å². The van der Waals surface area contributed by atoms with Gasteiger partial charge >= 0.3 is 0 Å². The molecule has 2 N–H and O–H groups in total. The fourth-order valence-electron chi connectivity index (χ4n) is 5.34. The molecular formula is C23H32N6O. The number of aryl methyl sites for hydroxylation is 2. The van der Waals surface area contributed by atoms with Gasteiger partial charge in [0.25, 0.3) is 0 Å². The molecule has 30 heavy (non-hydrogen) atoms. The van der Waals surface area contributed by atoms with Gasteiger partial charge in [-0.3, -0.25) is 4.99 Å². The van der Waals surface area contributed by atoms with Crippen molar-refractivity contribution >= 4 is 5.96 Å². The first-order valence-corrected chi connectivity index (χ1v) is 11.3. The molecule has 2 aromatic rings. The summed E-state index contributed by atoms with van der Waals surface area (Å²) in [5.74, 6) is 4.98. The summed E-state index contributed by atoms with van der Waals surface area (Å²) < 4.78 is 7.19. The Kier molecular flexibility index (Phi) is 5.46. The maximum absolute atomic E-state index is 5.17. The molecule has 4 unspecified atom stereocenters. The smallest absolute Gasteiger partial charge is 0.191 e. The molecule has 3 aliphatic rings. The molecule has 0 bridgehead atoms.